The van der Waals surface area contributed by atoms with Crippen molar-refractivity contribution in [2.24, 2.45) is 26.3 Å². The van der Waals surface area contributed by atoms with Gasteiger partial charge in [0.15, 0.2) is 18.2 Å². The third-order valence-corrected chi connectivity index (χ3v) is 2.37. The fourth-order valence-electron chi connectivity index (χ4n) is 1.32. The highest BCUT2D eigenvalue weighted by molar-refractivity contribution is 6.07. The second-order valence-corrected chi connectivity index (χ2v) is 4.01. The van der Waals surface area contributed by atoms with Gasteiger partial charge in [0.05, 0.1) is 12.1 Å². The molecule has 2 rings (SSSR count). The van der Waals surface area contributed by atoms with Crippen LogP contribution in [0.4, 0.5) is 0 Å². The van der Waals surface area contributed by atoms with E-state index in [0.29, 0.717) is 18.2 Å². The summed E-state index contributed by atoms with van der Waals surface area (Å²) in [7, 11) is 0. The summed E-state index contributed by atoms with van der Waals surface area (Å²) in [5, 5.41) is 24.5. The molecule has 0 radical (unpaired) electrons. The van der Waals surface area contributed by atoms with Crippen LogP contribution in [0.1, 0.15) is 20.3 Å². The van der Waals surface area contributed by atoms with E-state index >= 15 is 0 Å². The lowest BCUT2D eigenvalue weighted by Crippen LogP contribution is -2.07. The first-order chi connectivity index (χ1) is 8.08. The second kappa shape index (κ2) is 4.44. The van der Waals surface area contributed by atoms with E-state index in [9.17, 15) is 9.90 Å². The van der Waals surface area contributed by atoms with Gasteiger partial charge >= 0.3 is 5.97 Å². The molecular weight excluding hydrogens is 224 g/mol. The Morgan fingerprint density at radius 1 is 1.35 bits per heavy atom. The lowest BCUT2D eigenvalue weighted by molar-refractivity contribution is -0.136. The van der Waals surface area contributed by atoms with Gasteiger partial charge in [-0.25, -0.2) is 4.79 Å². The number of cyclic esters (lactones) is 1. The second-order valence-electron chi connectivity index (χ2n) is 4.01. The Morgan fingerprint density at radius 3 is 2.65 bits per heavy atom. The first-order valence-electron chi connectivity index (χ1n) is 5.22. The van der Waals surface area contributed by atoms with Crippen LogP contribution in [0.15, 0.2) is 31.9 Å². The molecule has 2 heterocycles. The van der Waals surface area contributed by atoms with Crippen molar-refractivity contribution >= 4 is 17.5 Å². The van der Waals surface area contributed by atoms with Gasteiger partial charge in [0.25, 0.3) is 0 Å². The zero-order valence-electron chi connectivity index (χ0n) is 9.54. The Kier molecular flexibility index (Phi) is 2.99. The number of esters is 1. The SMILES string of the molecule is CC(C)C1=NN=C(N=NC2=C(O)COC2=O)C1. The molecule has 0 spiro atoms. The number of nitrogens with zero attached hydrogens (tertiary/aromatic N) is 4. The number of hydrogen-bond acceptors (Lipinski definition) is 7. The molecule has 0 saturated carbocycles. The fraction of sp³-hybridized carbons (Fsp3) is 0.500. The summed E-state index contributed by atoms with van der Waals surface area (Å²) in [6.07, 6.45) is 0.518. The van der Waals surface area contributed by atoms with Crippen LogP contribution in [-0.2, 0) is 9.53 Å². The van der Waals surface area contributed by atoms with Crippen molar-refractivity contribution in [1.82, 2.24) is 0 Å². The molecule has 0 saturated heterocycles. The summed E-state index contributed by atoms with van der Waals surface area (Å²) >= 11 is 0. The van der Waals surface area contributed by atoms with E-state index in [1.54, 1.807) is 0 Å². The van der Waals surface area contributed by atoms with Crippen molar-refractivity contribution in [3.05, 3.63) is 11.5 Å². The molecule has 0 aromatic carbocycles. The Balaban J connectivity index is 2.01. The molecule has 90 valence electrons. The molecule has 17 heavy (non-hydrogen) atoms. The van der Waals surface area contributed by atoms with E-state index in [2.05, 4.69) is 25.2 Å². The molecule has 2 aliphatic heterocycles. The molecule has 7 nitrogen and oxygen atoms in total. The number of rotatable bonds is 2. The Hall–Kier alpha value is -2.05. The number of hydrogen-bond donors (Lipinski definition) is 1. The first kappa shape index (κ1) is 11.4. The van der Waals surface area contributed by atoms with Crippen LogP contribution in [0.5, 0.6) is 0 Å². The quantitative estimate of drug-likeness (QED) is 0.582. The van der Waals surface area contributed by atoms with Crippen molar-refractivity contribution in [1.29, 1.82) is 0 Å². The van der Waals surface area contributed by atoms with Gasteiger partial charge in [0, 0.05) is 0 Å². The molecule has 0 bridgehead atoms. The maximum atomic E-state index is 11.1. The predicted octanol–water partition coefficient (Wildman–Crippen LogP) is 1.58. The molecule has 0 fully saturated rings. The summed E-state index contributed by atoms with van der Waals surface area (Å²) in [5.74, 6) is -0.151. The average molecular weight is 236 g/mol. The maximum absolute atomic E-state index is 11.1. The Labute approximate surface area is 97.6 Å². The van der Waals surface area contributed by atoms with E-state index in [-0.39, 0.29) is 18.1 Å². The van der Waals surface area contributed by atoms with Gasteiger partial charge in [-0.2, -0.15) is 5.10 Å². The van der Waals surface area contributed by atoms with E-state index in [1.165, 1.54) is 0 Å². The molecular formula is C10H12N4O3. The Bertz CT molecular complexity index is 474. The van der Waals surface area contributed by atoms with Gasteiger partial charge in [-0.15, -0.1) is 15.3 Å². The topological polar surface area (TPSA) is 96.0 Å². The number of ether oxygens (including phenoxy) is 1. The summed E-state index contributed by atoms with van der Waals surface area (Å²) in [5.41, 5.74) is 0.761. The van der Waals surface area contributed by atoms with E-state index in [4.69, 9.17) is 0 Å². The van der Waals surface area contributed by atoms with Crippen LogP contribution in [0.2, 0.25) is 0 Å². The summed E-state index contributed by atoms with van der Waals surface area (Å²) in [6.45, 7) is 3.88. The van der Waals surface area contributed by atoms with Crippen molar-refractivity contribution in [3.8, 4) is 0 Å². The van der Waals surface area contributed by atoms with E-state index in [0.717, 1.165) is 5.71 Å². The van der Waals surface area contributed by atoms with Crippen LogP contribution in [-0.4, -0.2) is 29.2 Å². The summed E-state index contributed by atoms with van der Waals surface area (Å²) in [4.78, 5) is 11.1. The van der Waals surface area contributed by atoms with Crippen LogP contribution in [0.25, 0.3) is 0 Å². The monoisotopic (exact) mass is 236 g/mol. The Morgan fingerprint density at radius 2 is 2.12 bits per heavy atom. The molecule has 0 amide bonds. The third-order valence-electron chi connectivity index (χ3n) is 2.37. The minimum atomic E-state index is -0.671. The van der Waals surface area contributed by atoms with Gasteiger partial charge in [0.2, 0.25) is 5.70 Å². The molecule has 0 aromatic heterocycles. The van der Waals surface area contributed by atoms with Gasteiger partial charge in [-0.3, -0.25) is 0 Å². The molecule has 0 aliphatic carbocycles. The van der Waals surface area contributed by atoms with Gasteiger partial charge in [-0.05, 0) is 5.92 Å². The van der Waals surface area contributed by atoms with Gasteiger partial charge < -0.3 is 9.84 Å². The average Bonchev–Trinajstić information content (AvgIpc) is 2.85. The number of carbonyl (C=O) groups excluding carboxylic acids is 1. The van der Waals surface area contributed by atoms with Crippen LogP contribution < -0.4 is 0 Å². The van der Waals surface area contributed by atoms with Crippen molar-refractivity contribution in [3.63, 3.8) is 0 Å². The molecule has 7 heteroatoms. The highest BCUT2D eigenvalue weighted by atomic mass is 16.5. The molecule has 1 N–H and O–H groups in total. The zero-order valence-corrected chi connectivity index (χ0v) is 9.54. The number of aliphatic hydroxyl groups is 1. The predicted molar refractivity (Wildman–Crippen MR) is 59.8 cm³/mol. The normalized spacial score (nSPS) is 20.3. The summed E-state index contributed by atoms with van der Waals surface area (Å²) in [6, 6.07) is 0. The van der Waals surface area contributed by atoms with Crippen molar-refractivity contribution in [2.45, 2.75) is 20.3 Å². The standard InChI is InChI=1S/C10H12N4O3/c1-5(2)6-3-8(12-11-6)13-14-9-7(15)4-17-10(9)16/h5,15H,3-4H2,1-2H3. The van der Waals surface area contributed by atoms with Crippen molar-refractivity contribution in [2.75, 3.05) is 6.61 Å². The minimum absolute atomic E-state index is 0.145. The number of aliphatic hydroxyl groups excluding tert-OH is 1. The smallest absolute Gasteiger partial charge is 0.362 e. The highest BCUT2D eigenvalue weighted by Gasteiger charge is 2.25. The van der Waals surface area contributed by atoms with Gasteiger partial charge in [-0.1, -0.05) is 13.8 Å². The molecule has 0 unspecified atom stereocenters. The van der Waals surface area contributed by atoms with E-state index in [1.807, 2.05) is 13.8 Å². The first-order valence-corrected chi connectivity index (χ1v) is 5.22. The maximum Gasteiger partial charge on any atom is 0.362 e. The third kappa shape index (κ3) is 2.38. The minimum Gasteiger partial charge on any atom is -0.506 e. The molecule has 2 aliphatic rings. The number of azo groups is 1. The van der Waals surface area contributed by atoms with Crippen LogP contribution in [0, 0.1) is 5.92 Å². The highest BCUT2D eigenvalue weighted by Crippen LogP contribution is 2.16. The lowest BCUT2D eigenvalue weighted by Gasteiger charge is -2.00. The summed E-state index contributed by atoms with van der Waals surface area (Å²) < 4.78 is 4.57. The fourth-order valence-corrected chi connectivity index (χ4v) is 1.32. The van der Waals surface area contributed by atoms with Crippen molar-refractivity contribution < 1.29 is 14.6 Å². The van der Waals surface area contributed by atoms with Crippen LogP contribution >= 0.6 is 0 Å². The zero-order chi connectivity index (χ0) is 12.4. The lowest BCUT2D eigenvalue weighted by atomic mass is 10.1. The van der Waals surface area contributed by atoms with Crippen LogP contribution in [0.3, 0.4) is 0 Å². The molecule has 0 atom stereocenters. The number of carbonyl (C=O) groups is 1. The van der Waals surface area contributed by atoms with Gasteiger partial charge in [0.1, 0.15) is 0 Å². The van der Waals surface area contributed by atoms with E-state index < -0.39 is 5.97 Å². The number of amidine groups is 1. The largest absolute Gasteiger partial charge is 0.506 e. The molecule has 0 aromatic rings.